The Morgan fingerprint density at radius 3 is 2.35 bits per heavy atom. The summed E-state index contributed by atoms with van der Waals surface area (Å²) < 4.78 is 42.5. The second-order valence-corrected chi connectivity index (χ2v) is 13.4. The minimum Gasteiger partial charge on any atom is -0.505 e. The van der Waals surface area contributed by atoms with Gasteiger partial charge in [-0.3, -0.25) is 4.79 Å². The van der Waals surface area contributed by atoms with Gasteiger partial charge in [0.05, 0.1) is 5.02 Å². The number of aromatic hydroxyl groups is 1. The topological polar surface area (TPSA) is 86.7 Å². The molecule has 4 rings (SSSR count). The monoisotopic (exact) mass is 660 g/mol. The first-order valence-electron chi connectivity index (χ1n) is 15.0. The van der Waals surface area contributed by atoms with Crippen molar-refractivity contribution in [1.82, 2.24) is 9.62 Å². The van der Waals surface area contributed by atoms with E-state index in [4.69, 9.17) is 11.6 Å². The number of nitrogens with one attached hydrogen (secondary N) is 1. The van der Waals surface area contributed by atoms with Crippen LogP contribution < -0.4 is 5.32 Å². The van der Waals surface area contributed by atoms with E-state index in [0.717, 1.165) is 22.3 Å². The smallest absolute Gasteiger partial charge is 0.251 e. The van der Waals surface area contributed by atoms with Gasteiger partial charge in [-0.25, -0.2) is 12.8 Å². The molecule has 0 unspecified atom stereocenters. The Morgan fingerprint density at radius 2 is 1.70 bits per heavy atom. The normalized spacial score (nSPS) is 13.7. The standard InChI is InChI=1S/C37H38ClFN2O4S/c1-4-5-6-7-27(3)31-14-8-29(9-15-31)24-40-37(43)32-16-10-30(11-17-32)25-41(21-20-28-12-18-33(39)19-13-28)46(44,45)35-23-26(2)22-34(38)36(35)42/h4-12,14-18,22-23,42H,3,13,19-21,24-25H2,1-2H3,(H,40,43)/b5-4-,7-6-. The summed E-state index contributed by atoms with van der Waals surface area (Å²) in [4.78, 5) is 12.6. The molecule has 0 heterocycles. The predicted molar refractivity (Wildman–Crippen MR) is 184 cm³/mol. The Hall–Kier alpha value is -4.24. The van der Waals surface area contributed by atoms with Crippen molar-refractivity contribution in [1.29, 1.82) is 0 Å². The van der Waals surface area contributed by atoms with Crippen molar-refractivity contribution in [3.63, 3.8) is 0 Å². The highest BCUT2D eigenvalue weighted by Gasteiger charge is 2.29. The van der Waals surface area contributed by atoms with Gasteiger partial charge in [0, 0.05) is 31.6 Å². The number of carbonyl (C=O) groups is 1. The van der Waals surface area contributed by atoms with Crippen LogP contribution in [0.3, 0.4) is 0 Å². The number of benzene rings is 3. The van der Waals surface area contributed by atoms with Crippen LogP contribution in [0.25, 0.3) is 5.57 Å². The molecular formula is C37H38ClFN2O4S. The zero-order valence-electron chi connectivity index (χ0n) is 26.0. The zero-order chi connectivity index (χ0) is 33.3. The van der Waals surface area contributed by atoms with Crippen LogP contribution in [0.5, 0.6) is 5.75 Å². The molecule has 0 saturated heterocycles. The van der Waals surface area contributed by atoms with Crippen molar-refractivity contribution in [3.8, 4) is 5.75 Å². The van der Waals surface area contributed by atoms with Crippen LogP contribution in [0, 0.1) is 6.92 Å². The van der Waals surface area contributed by atoms with E-state index in [-0.39, 0.29) is 41.2 Å². The van der Waals surface area contributed by atoms with Gasteiger partial charge in [0.25, 0.3) is 5.91 Å². The highest BCUT2D eigenvalue weighted by molar-refractivity contribution is 7.89. The van der Waals surface area contributed by atoms with E-state index in [0.29, 0.717) is 36.1 Å². The third kappa shape index (κ3) is 9.16. The molecular weight excluding hydrogens is 623 g/mol. The molecule has 9 heteroatoms. The van der Waals surface area contributed by atoms with Crippen LogP contribution in [0.1, 0.15) is 58.8 Å². The van der Waals surface area contributed by atoms with Gasteiger partial charge in [-0.1, -0.05) is 90.5 Å². The van der Waals surface area contributed by atoms with E-state index < -0.39 is 15.8 Å². The number of carbonyl (C=O) groups excluding carboxylic acids is 1. The Kier molecular flexibility index (Phi) is 11.9. The lowest BCUT2D eigenvalue weighted by atomic mass is 10.0. The molecule has 0 atom stereocenters. The van der Waals surface area contributed by atoms with Crippen LogP contribution in [-0.4, -0.2) is 30.3 Å². The first kappa shape index (κ1) is 34.6. The maximum Gasteiger partial charge on any atom is 0.251 e. The van der Waals surface area contributed by atoms with E-state index in [9.17, 15) is 22.7 Å². The molecule has 1 aliphatic carbocycles. The van der Waals surface area contributed by atoms with E-state index in [2.05, 4.69) is 11.9 Å². The first-order chi connectivity index (χ1) is 22.0. The number of sulfonamides is 1. The molecule has 0 radical (unpaired) electrons. The van der Waals surface area contributed by atoms with E-state index in [1.165, 1.54) is 22.5 Å². The number of phenols is 1. The zero-order valence-corrected chi connectivity index (χ0v) is 27.5. The summed E-state index contributed by atoms with van der Waals surface area (Å²) in [6, 6.07) is 17.4. The molecule has 1 aliphatic rings. The van der Waals surface area contributed by atoms with Crippen LogP contribution in [0.15, 0.2) is 120 Å². The van der Waals surface area contributed by atoms with Crippen molar-refractivity contribution in [3.05, 3.63) is 148 Å². The fourth-order valence-corrected chi connectivity index (χ4v) is 6.87. The quantitative estimate of drug-likeness (QED) is 0.180. The van der Waals surface area contributed by atoms with Crippen LogP contribution in [0.2, 0.25) is 5.02 Å². The summed E-state index contributed by atoms with van der Waals surface area (Å²) in [5.74, 6) is -0.973. The lowest BCUT2D eigenvalue weighted by Crippen LogP contribution is -2.32. The van der Waals surface area contributed by atoms with Crippen LogP contribution >= 0.6 is 11.6 Å². The van der Waals surface area contributed by atoms with Gasteiger partial charge in [-0.15, -0.1) is 0 Å². The number of nitrogens with zero attached hydrogens (tertiary/aromatic N) is 1. The van der Waals surface area contributed by atoms with Crippen molar-refractivity contribution in [2.45, 2.75) is 51.1 Å². The third-order valence-corrected chi connectivity index (χ3v) is 9.76. The number of phenolic OH excluding ortho intramolecular Hbond substituents is 1. The van der Waals surface area contributed by atoms with Crippen molar-refractivity contribution in [2.75, 3.05) is 6.54 Å². The van der Waals surface area contributed by atoms with Gasteiger partial charge < -0.3 is 10.4 Å². The number of amides is 1. The van der Waals surface area contributed by atoms with Gasteiger partial charge in [0.2, 0.25) is 10.0 Å². The van der Waals surface area contributed by atoms with E-state index in [1.807, 2.05) is 55.5 Å². The molecule has 0 saturated carbocycles. The SMILES string of the molecule is C=C(/C=C\C=C/C)c1ccc(CNC(=O)c2ccc(CN(CCC3=CC=C(F)CC3)S(=O)(=O)c3cc(C)cc(Cl)c3O)cc2)cc1. The summed E-state index contributed by atoms with van der Waals surface area (Å²) in [5.41, 5.74) is 5.42. The average Bonchev–Trinajstić information content (AvgIpc) is 3.04. The molecule has 3 aromatic carbocycles. The average molecular weight is 661 g/mol. The predicted octanol–water partition coefficient (Wildman–Crippen LogP) is 8.58. The van der Waals surface area contributed by atoms with Crippen LogP contribution in [-0.2, 0) is 23.1 Å². The molecule has 46 heavy (non-hydrogen) atoms. The summed E-state index contributed by atoms with van der Waals surface area (Å²) in [7, 11) is -4.18. The molecule has 0 spiro atoms. The molecule has 0 aliphatic heterocycles. The number of aryl methyl sites for hydroxylation is 1. The Morgan fingerprint density at radius 1 is 1.02 bits per heavy atom. The lowest BCUT2D eigenvalue weighted by Gasteiger charge is -2.24. The third-order valence-electron chi connectivity index (χ3n) is 7.61. The molecule has 6 nitrogen and oxygen atoms in total. The van der Waals surface area contributed by atoms with Gasteiger partial charge in [-0.2, -0.15) is 4.31 Å². The first-order valence-corrected chi connectivity index (χ1v) is 16.8. The molecule has 0 bridgehead atoms. The second-order valence-electron chi connectivity index (χ2n) is 11.1. The minimum absolute atomic E-state index is 0.00568. The largest absolute Gasteiger partial charge is 0.505 e. The molecule has 1 amide bonds. The van der Waals surface area contributed by atoms with Crippen LogP contribution in [0.4, 0.5) is 4.39 Å². The Labute approximate surface area is 276 Å². The van der Waals surface area contributed by atoms with Crippen molar-refractivity contribution < 1.29 is 22.7 Å². The van der Waals surface area contributed by atoms with Crippen molar-refractivity contribution in [2.24, 2.45) is 0 Å². The molecule has 0 fully saturated rings. The Bertz CT molecular complexity index is 1810. The summed E-state index contributed by atoms with van der Waals surface area (Å²) in [6.45, 7) is 8.16. The number of allylic oxidation sites excluding steroid dienone is 8. The molecule has 2 N–H and O–H groups in total. The highest BCUT2D eigenvalue weighted by atomic mass is 35.5. The molecule has 3 aromatic rings. The fraction of sp³-hybridized carbons (Fsp3) is 0.216. The maximum atomic E-state index is 13.8. The van der Waals surface area contributed by atoms with Gasteiger partial charge in [-0.05, 0) is 84.9 Å². The second kappa shape index (κ2) is 15.9. The van der Waals surface area contributed by atoms with Gasteiger partial charge in [0.1, 0.15) is 10.7 Å². The number of hydrogen-bond donors (Lipinski definition) is 2. The van der Waals surface area contributed by atoms with Crippen molar-refractivity contribution >= 4 is 33.1 Å². The number of halogens is 2. The maximum absolute atomic E-state index is 13.8. The number of hydrogen-bond acceptors (Lipinski definition) is 4. The number of rotatable bonds is 13. The minimum atomic E-state index is -4.18. The fourth-order valence-electron chi connectivity index (χ4n) is 4.92. The lowest BCUT2D eigenvalue weighted by molar-refractivity contribution is 0.0951. The van der Waals surface area contributed by atoms with E-state index >= 15 is 0 Å². The Balaban J connectivity index is 1.45. The van der Waals surface area contributed by atoms with E-state index in [1.54, 1.807) is 37.3 Å². The molecule has 0 aromatic heterocycles. The summed E-state index contributed by atoms with van der Waals surface area (Å²) in [6.07, 6.45) is 12.0. The highest BCUT2D eigenvalue weighted by Crippen LogP contribution is 2.35. The summed E-state index contributed by atoms with van der Waals surface area (Å²) in [5, 5.41) is 13.4. The molecule has 240 valence electrons. The summed E-state index contributed by atoms with van der Waals surface area (Å²) >= 11 is 6.13. The van der Waals surface area contributed by atoms with Gasteiger partial charge in [0.15, 0.2) is 5.75 Å². The van der Waals surface area contributed by atoms with Gasteiger partial charge >= 0.3 is 0 Å².